The molecular weight excluding hydrogens is 418 g/mol. The lowest BCUT2D eigenvalue weighted by molar-refractivity contribution is 0.0174. The lowest BCUT2D eigenvalue weighted by atomic mass is 9.94. The van der Waals surface area contributed by atoms with E-state index in [2.05, 4.69) is 37.6 Å². The number of nitrogens with zero attached hydrogens (tertiary/aromatic N) is 1. The summed E-state index contributed by atoms with van der Waals surface area (Å²) in [5.41, 5.74) is 4.00. The minimum atomic E-state index is -2.88. The number of unbranched alkanes of at least 4 members (excludes halogenated alkanes) is 2. The number of allylic oxidation sites excluding steroid dienone is 2. The lowest BCUT2D eigenvalue weighted by Crippen LogP contribution is -2.32. The summed E-state index contributed by atoms with van der Waals surface area (Å²) in [6, 6.07) is 5.08. The first kappa shape index (κ1) is 29.3. The highest BCUT2D eigenvalue weighted by molar-refractivity contribution is 5.72. The molecule has 0 aliphatic carbocycles. The molecule has 0 heterocycles. The van der Waals surface area contributed by atoms with E-state index in [9.17, 15) is 8.78 Å². The monoisotopic (exact) mass is 464 g/mol. The van der Waals surface area contributed by atoms with Crippen molar-refractivity contribution in [3.63, 3.8) is 0 Å². The topological polar surface area (TPSA) is 24.5 Å². The molecule has 0 aliphatic rings. The minimum absolute atomic E-state index is 0.0477. The van der Waals surface area contributed by atoms with Crippen LogP contribution in [0.15, 0.2) is 36.4 Å². The van der Waals surface area contributed by atoms with E-state index >= 15 is 0 Å². The van der Waals surface area contributed by atoms with Crippen LogP contribution in [-0.4, -0.2) is 44.8 Å². The SMILES string of the molecule is C=C/C(C)=C(/c1cc(C(C)(F)F)ccc1CC)N(CCNC)CC[C@@H](C)COCCCCC. The predicted octanol–water partition coefficient (Wildman–Crippen LogP) is 7.03. The Kier molecular flexibility index (Phi) is 13.5. The van der Waals surface area contributed by atoms with Crippen molar-refractivity contribution in [1.82, 2.24) is 10.2 Å². The van der Waals surface area contributed by atoms with Crippen molar-refractivity contribution in [2.24, 2.45) is 5.92 Å². The van der Waals surface area contributed by atoms with Crippen LogP contribution in [-0.2, 0) is 17.1 Å². The maximum absolute atomic E-state index is 14.2. The molecule has 33 heavy (non-hydrogen) atoms. The molecule has 0 saturated heterocycles. The van der Waals surface area contributed by atoms with Gasteiger partial charge in [-0.25, -0.2) is 8.78 Å². The quantitative estimate of drug-likeness (QED) is 0.198. The Hall–Kier alpha value is -1.72. The zero-order valence-corrected chi connectivity index (χ0v) is 21.8. The van der Waals surface area contributed by atoms with Crippen LogP contribution >= 0.6 is 0 Å². The van der Waals surface area contributed by atoms with Crippen molar-refractivity contribution >= 4 is 5.70 Å². The second-order valence-corrected chi connectivity index (χ2v) is 9.12. The smallest absolute Gasteiger partial charge is 0.270 e. The Morgan fingerprint density at radius 3 is 2.55 bits per heavy atom. The van der Waals surface area contributed by atoms with Crippen molar-refractivity contribution in [2.75, 3.05) is 39.9 Å². The van der Waals surface area contributed by atoms with E-state index in [-0.39, 0.29) is 5.56 Å². The Labute approximate surface area is 201 Å². The van der Waals surface area contributed by atoms with E-state index in [1.54, 1.807) is 12.1 Å². The Bertz CT molecular complexity index is 740. The molecule has 0 saturated carbocycles. The number of ether oxygens (including phenoxy) is 1. The fourth-order valence-corrected chi connectivity index (χ4v) is 3.89. The van der Waals surface area contributed by atoms with E-state index < -0.39 is 5.92 Å². The van der Waals surface area contributed by atoms with Gasteiger partial charge in [-0.2, -0.15) is 0 Å². The molecule has 0 unspecified atom stereocenters. The van der Waals surface area contributed by atoms with Gasteiger partial charge in [-0.3, -0.25) is 0 Å². The molecule has 1 aromatic carbocycles. The van der Waals surface area contributed by atoms with Crippen LogP contribution in [0.3, 0.4) is 0 Å². The summed E-state index contributed by atoms with van der Waals surface area (Å²) in [7, 11) is 1.93. The van der Waals surface area contributed by atoms with Crippen LogP contribution in [0.4, 0.5) is 8.78 Å². The summed E-state index contributed by atoms with van der Waals surface area (Å²) < 4.78 is 34.3. The van der Waals surface area contributed by atoms with Gasteiger partial charge in [-0.1, -0.05) is 58.4 Å². The van der Waals surface area contributed by atoms with Gasteiger partial charge in [0.15, 0.2) is 0 Å². The third kappa shape index (κ3) is 9.97. The standard InChI is InChI=1S/C28H46F2N2O/c1-8-11-12-19-33-21-22(4)15-17-32(18-16-31-7)27(23(5)9-2)26-20-25(28(6,29)30)14-13-24(26)10-3/h9,13-14,20,22,31H,2,8,10-12,15-19,21H2,1,3-7H3/b27-23-/t22-/m1/s1. The molecule has 0 bridgehead atoms. The summed E-state index contributed by atoms with van der Waals surface area (Å²) in [5.74, 6) is -2.46. The van der Waals surface area contributed by atoms with Gasteiger partial charge in [0, 0.05) is 56.6 Å². The number of hydrogen-bond donors (Lipinski definition) is 1. The number of aryl methyl sites for hydroxylation is 1. The van der Waals surface area contributed by atoms with Gasteiger partial charge < -0.3 is 15.0 Å². The van der Waals surface area contributed by atoms with E-state index in [4.69, 9.17) is 4.74 Å². The summed E-state index contributed by atoms with van der Waals surface area (Å²) in [5, 5.41) is 3.23. The average Bonchev–Trinajstić information content (AvgIpc) is 2.79. The van der Waals surface area contributed by atoms with Crippen LogP contribution < -0.4 is 5.32 Å². The maximum atomic E-state index is 14.2. The van der Waals surface area contributed by atoms with E-state index in [0.717, 1.165) is 81.4 Å². The zero-order valence-electron chi connectivity index (χ0n) is 21.8. The van der Waals surface area contributed by atoms with Crippen molar-refractivity contribution in [3.05, 3.63) is 53.1 Å². The zero-order chi connectivity index (χ0) is 24.9. The summed E-state index contributed by atoms with van der Waals surface area (Å²) in [6.07, 6.45) is 7.09. The van der Waals surface area contributed by atoms with Crippen molar-refractivity contribution < 1.29 is 13.5 Å². The fraction of sp³-hybridized carbons (Fsp3) is 0.643. The first-order valence-electron chi connectivity index (χ1n) is 12.5. The first-order chi connectivity index (χ1) is 15.7. The lowest BCUT2D eigenvalue weighted by Gasteiger charge is -2.32. The van der Waals surface area contributed by atoms with Crippen molar-refractivity contribution in [3.8, 4) is 0 Å². The van der Waals surface area contributed by atoms with Gasteiger partial charge in [0.1, 0.15) is 0 Å². The number of benzene rings is 1. The molecule has 5 heteroatoms. The third-order valence-electron chi connectivity index (χ3n) is 6.07. The average molecular weight is 465 g/mol. The Balaban J connectivity index is 3.18. The Morgan fingerprint density at radius 2 is 1.97 bits per heavy atom. The van der Waals surface area contributed by atoms with Gasteiger partial charge in [0.2, 0.25) is 0 Å². The molecule has 1 N–H and O–H groups in total. The summed E-state index contributed by atoms with van der Waals surface area (Å²) in [4.78, 5) is 2.33. The molecule has 3 nitrogen and oxygen atoms in total. The van der Waals surface area contributed by atoms with E-state index in [1.807, 2.05) is 26.1 Å². The number of nitrogens with one attached hydrogen (secondary N) is 1. The van der Waals surface area contributed by atoms with Crippen LogP contribution in [0, 0.1) is 5.92 Å². The molecule has 0 aromatic heterocycles. The van der Waals surface area contributed by atoms with Crippen LogP contribution in [0.2, 0.25) is 0 Å². The third-order valence-corrected chi connectivity index (χ3v) is 6.07. The second-order valence-electron chi connectivity index (χ2n) is 9.12. The van der Waals surface area contributed by atoms with Crippen molar-refractivity contribution in [2.45, 2.75) is 72.6 Å². The van der Waals surface area contributed by atoms with Crippen LogP contribution in [0.25, 0.3) is 5.70 Å². The van der Waals surface area contributed by atoms with Crippen LogP contribution in [0.1, 0.15) is 77.0 Å². The van der Waals surface area contributed by atoms with Crippen molar-refractivity contribution in [1.29, 1.82) is 0 Å². The van der Waals surface area contributed by atoms with Gasteiger partial charge >= 0.3 is 0 Å². The number of likely N-dealkylation sites (N-methyl/N-ethyl adjacent to an activating group) is 1. The van der Waals surface area contributed by atoms with Crippen LogP contribution in [0.5, 0.6) is 0 Å². The molecule has 188 valence electrons. The van der Waals surface area contributed by atoms with Gasteiger partial charge in [-0.15, -0.1) is 0 Å². The molecule has 1 aromatic rings. The summed E-state index contributed by atoms with van der Waals surface area (Å²) >= 11 is 0. The molecule has 0 spiro atoms. The number of alkyl halides is 2. The second kappa shape index (κ2) is 15.2. The minimum Gasteiger partial charge on any atom is -0.381 e. The summed E-state index contributed by atoms with van der Waals surface area (Å²) in [6.45, 7) is 17.4. The Morgan fingerprint density at radius 1 is 1.24 bits per heavy atom. The highest BCUT2D eigenvalue weighted by Gasteiger charge is 2.27. The largest absolute Gasteiger partial charge is 0.381 e. The number of hydrogen-bond acceptors (Lipinski definition) is 3. The first-order valence-corrected chi connectivity index (χ1v) is 12.5. The van der Waals surface area contributed by atoms with Gasteiger partial charge in [0.05, 0.1) is 0 Å². The molecular formula is C28H46F2N2O. The number of rotatable bonds is 17. The molecule has 0 fully saturated rings. The molecule has 1 rings (SSSR count). The maximum Gasteiger partial charge on any atom is 0.270 e. The predicted molar refractivity (Wildman–Crippen MR) is 138 cm³/mol. The number of halogens is 2. The highest BCUT2D eigenvalue weighted by Crippen LogP contribution is 2.34. The van der Waals surface area contributed by atoms with Gasteiger partial charge in [-0.05, 0) is 56.4 Å². The molecule has 0 radical (unpaired) electrons. The molecule has 0 amide bonds. The molecule has 1 atom stereocenters. The normalized spacial score (nSPS) is 13.6. The van der Waals surface area contributed by atoms with Gasteiger partial charge in [0.25, 0.3) is 5.92 Å². The van der Waals surface area contributed by atoms with E-state index in [0.29, 0.717) is 5.92 Å². The fourth-order valence-electron chi connectivity index (χ4n) is 3.89. The molecule has 0 aliphatic heterocycles. The van der Waals surface area contributed by atoms with E-state index in [1.165, 1.54) is 12.8 Å². The highest BCUT2D eigenvalue weighted by atomic mass is 19.3.